The van der Waals surface area contributed by atoms with Gasteiger partial charge in [0.1, 0.15) is 0 Å². The summed E-state index contributed by atoms with van der Waals surface area (Å²) in [5, 5.41) is 15.2. The highest BCUT2D eigenvalue weighted by Gasteiger charge is 2.38. The van der Waals surface area contributed by atoms with Gasteiger partial charge in [0.2, 0.25) is 0 Å². The molecule has 0 saturated heterocycles. The molecule has 6 heteroatoms. The van der Waals surface area contributed by atoms with Crippen molar-refractivity contribution in [3.63, 3.8) is 0 Å². The number of hydrogen-bond donors (Lipinski definition) is 2. The van der Waals surface area contributed by atoms with Crippen molar-refractivity contribution in [2.24, 2.45) is 0 Å². The van der Waals surface area contributed by atoms with Crippen molar-refractivity contribution in [1.82, 2.24) is 9.97 Å². The van der Waals surface area contributed by atoms with E-state index >= 15 is 0 Å². The maximum Gasteiger partial charge on any atom is 0.0970 e. The Labute approximate surface area is 767 Å². The Morgan fingerprint density at radius 2 is 0.562 bits per heavy atom. The van der Waals surface area contributed by atoms with Gasteiger partial charge in [0.25, 0.3) is 0 Å². The van der Waals surface area contributed by atoms with Gasteiger partial charge in [-0.2, -0.15) is 0 Å². The zero-order valence-corrected chi connectivity index (χ0v) is 74.7. The van der Waals surface area contributed by atoms with E-state index in [0.29, 0.717) is 0 Å². The van der Waals surface area contributed by atoms with Crippen LogP contribution in [0.1, 0.15) is 77.7 Å². The third-order valence-corrected chi connectivity index (χ3v) is 27.0. The molecule has 0 unspecified atom stereocenters. The first-order valence-electron chi connectivity index (χ1n) is 44.8. The van der Waals surface area contributed by atoms with E-state index in [1.165, 1.54) is 171 Å². The van der Waals surface area contributed by atoms with E-state index in [4.69, 9.17) is 4.55 Å². The summed E-state index contributed by atoms with van der Waals surface area (Å²) in [6.07, 6.45) is 3.75. The number of nitrogens with zero attached hydrogens (tertiary/aromatic N) is 4. The molecule has 1 N–H and O–H groups in total. The fraction of sp³-hybridized carbons (Fsp3) is 0.0806. The van der Waals surface area contributed by atoms with E-state index in [-0.39, 0.29) is 17.7 Å². The van der Waals surface area contributed by atoms with Crippen LogP contribution in [-0.2, 0) is 16.2 Å². The van der Waals surface area contributed by atoms with E-state index in [0.717, 1.165) is 55.9 Å². The standard InChI is InChI=1S/C56H46.C44H32N2.C24H16N2.H2OS.H/c1-54(2,3)41-28-39-17-16-35-18-23-42(47-27-22-40(29-41)52(39)53(35)47)34-14-12-33(13-15-34)36-19-24-45-46-26-21-38(32-51(46)56(6,7)50(45)30-36)37-20-25-44-43-10-8-9-11-48(43)55(4,5)49(44)31-37;1-3-17-37(18-4-1)45(43-23-11-15-35-13-7-9-21-41(35)43)39-29-25-33(26-30-39)34-27-31-40(32-28-34)46(38-19-5-2-6-20-38)44-24-12-16-36-14-8-10-22-42(36)44;1-3-7-17(8-4-1)19-13-15-25-23-21(19)11-12-22-20(14-16-26-24(22)23)18-9-5-2-6-10-18;1-2;/h8-32H,1-7H3;1-32H;1-16H;1-2H;/q;;;;-1/i;;;;1+2. The van der Waals surface area contributed by atoms with Gasteiger partial charge >= 0.3 is 0 Å². The van der Waals surface area contributed by atoms with Crippen LogP contribution in [0.15, 0.2) is 443 Å². The second kappa shape index (κ2) is 33.8. The Bertz CT molecular complexity index is 7720. The largest absolute Gasteiger partial charge is 1.00 e. The molecule has 0 spiro atoms. The van der Waals surface area contributed by atoms with Crippen molar-refractivity contribution in [2.75, 3.05) is 9.80 Å². The molecule has 22 aromatic rings. The highest BCUT2D eigenvalue weighted by atomic mass is 32.1. The van der Waals surface area contributed by atoms with Crippen molar-refractivity contribution in [2.45, 2.75) is 64.7 Å². The summed E-state index contributed by atoms with van der Waals surface area (Å²) >= 11 is 2.53. The predicted octanol–water partition coefficient (Wildman–Crippen LogP) is 34.7. The van der Waals surface area contributed by atoms with Crippen LogP contribution in [0.4, 0.5) is 34.1 Å². The van der Waals surface area contributed by atoms with Crippen LogP contribution in [0.2, 0.25) is 0 Å². The molecule has 2 aliphatic carbocycles. The number of hydrogen-bond acceptors (Lipinski definition) is 6. The summed E-state index contributed by atoms with van der Waals surface area (Å²) < 4.78 is 6.69. The van der Waals surface area contributed by atoms with Crippen molar-refractivity contribution >= 4 is 123 Å². The van der Waals surface area contributed by atoms with E-state index < -0.39 is 0 Å². The monoisotopic (exact) mass is 1690 g/mol. The molecule has 0 amide bonds. The van der Waals surface area contributed by atoms with Crippen LogP contribution in [0.25, 0.3) is 165 Å². The molecule has 0 radical (unpaired) electrons. The fourth-order valence-corrected chi connectivity index (χ4v) is 20.3. The summed E-state index contributed by atoms with van der Waals surface area (Å²) in [6, 6.07) is 157. The van der Waals surface area contributed by atoms with Gasteiger partial charge in [0.05, 0.1) is 22.4 Å². The number of pyridine rings is 2. The summed E-state index contributed by atoms with van der Waals surface area (Å²) in [7, 11) is 0. The van der Waals surface area contributed by atoms with Crippen LogP contribution in [0, 0.1) is 0 Å². The molecule has 130 heavy (non-hydrogen) atoms. The molecule has 0 bridgehead atoms. The minimum atomic E-state index is -0.113. The fourth-order valence-electron chi connectivity index (χ4n) is 20.3. The molecule has 0 aliphatic heterocycles. The number of anilines is 6. The quantitative estimate of drug-likeness (QED) is 0.0725. The number of benzene rings is 20. The lowest BCUT2D eigenvalue weighted by atomic mass is 9.80. The van der Waals surface area contributed by atoms with Crippen molar-refractivity contribution in [3.05, 3.63) is 471 Å². The first-order chi connectivity index (χ1) is 63.6. The highest BCUT2D eigenvalue weighted by Crippen LogP contribution is 2.54. The van der Waals surface area contributed by atoms with Crippen LogP contribution in [0.3, 0.4) is 0 Å². The molecular formula is C124H97N4OS-. The predicted molar refractivity (Wildman–Crippen MR) is 557 cm³/mol. The van der Waals surface area contributed by atoms with E-state index in [1.807, 2.05) is 24.5 Å². The van der Waals surface area contributed by atoms with E-state index in [2.05, 4.69) is 500 Å². The van der Waals surface area contributed by atoms with E-state index in [1.54, 1.807) is 0 Å². The van der Waals surface area contributed by atoms with Gasteiger partial charge < -0.3 is 15.8 Å². The molecule has 626 valence electrons. The number of rotatable bonds is 12. The third kappa shape index (κ3) is 14.8. The Hall–Kier alpha value is -15.3. The summed E-state index contributed by atoms with van der Waals surface area (Å²) in [6.45, 7) is 16.4. The molecule has 2 heterocycles. The number of aromatic nitrogens is 2. The smallest absolute Gasteiger partial charge is 0.0970 e. The van der Waals surface area contributed by atoms with Gasteiger partial charge in [-0.1, -0.05) is 388 Å². The van der Waals surface area contributed by atoms with Gasteiger partial charge in [-0.3, -0.25) is 9.97 Å². The minimum absolute atomic E-state index is 0. The average Bonchev–Trinajstić information content (AvgIpc) is 1.50. The Morgan fingerprint density at radius 3 is 1.04 bits per heavy atom. The molecule has 2 aromatic heterocycles. The van der Waals surface area contributed by atoms with Gasteiger partial charge in [0.15, 0.2) is 0 Å². The van der Waals surface area contributed by atoms with Crippen LogP contribution in [0.5, 0.6) is 0 Å². The second-order valence-electron chi connectivity index (χ2n) is 36.3. The Morgan fingerprint density at radius 1 is 0.238 bits per heavy atom. The number of fused-ring (bicyclic) bond motifs is 11. The normalized spacial score (nSPS) is 12.6. The number of para-hydroxylation sites is 2. The van der Waals surface area contributed by atoms with Gasteiger partial charge in [-0.05, 0) is 269 Å². The summed E-state index contributed by atoms with van der Waals surface area (Å²) in [4.78, 5) is 14.0. The molecular weight excluding hydrogens is 1590 g/mol. The lowest BCUT2D eigenvalue weighted by Gasteiger charge is -2.27. The van der Waals surface area contributed by atoms with Crippen LogP contribution < -0.4 is 9.80 Å². The maximum absolute atomic E-state index is 6.69. The zero-order chi connectivity index (χ0) is 88.4. The molecule has 0 saturated carbocycles. The van der Waals surface area contributed by atoms with Crippen LogP contribution >= 0.6 is 12.9 Å². The lowest BCUT2D eigenvalue weighted by Crippen LogP contribution is -2.15. The molecule has 5 nitrogen and oxygen atoms in total. The first kappa shape index (κ1) is 81.7. The van der Waals surface area contributed by atoms with Gasteiger partial charge in [-0.25, -0.2) is 0 Å². The molecule has 0 fully saturated rings. The van der Waals surface area contributed by atoms with Crippen molar-refractivity contribution < 1.29 is 5.98 Å². The van der Waals surface area contributed by atoms with Crippen LogP contribution in [-0.4, -0.2) is 14.5 Å². The van der Waals surface area contributed by atoms with Gasteiger partial charge in [-0.15, -0.1) is 0 Å². The second-order valence-corrected chi connectivity index (χ2v) is 36.3. The zero-order valence-electron chi connectivity index (χ0n) is 74.8. The lowest BCUT2D eigenvalue weighted by molar-refractivity contribution is 0.591. The Kier molecular flexibility index (Phi) is 21.2. The number of thiol groups is 1. The summed E-state index contributed by atoms with van der Waals surface area (Å²) in [5.74, 6) is 0. The molecule has 24 rings (SSSR count). The minimum Gasteiger partial charge on any atom is -1.00 e. The Balaban J connectivity index is 0.000000128. The topological polar surface area (TPSA) is 52.5 Å². The maximum atomic E-state index is 6.69. The first-order valence-corrected chi connectivity index (χ1v) is 45.2. The molecule has 20 aromatic carbocycles. The molecule has 0 atom stereocenters. The van der Waals surface area contributed by atoms with Crippen molar-refractivity contribution in [1.29, 1.82) is 0 Å². The molecule has 2 aliphatic rings. The van der Waals surface area contributed by atoms with E-state index in [9.17, 15) is 0 Å². The third-order valence-electron chi connectivity index (χ3n) is 27.0. The van der Waals surface area contributed by atoms with Gasteiger partial charge in [0, 0.05) is 67.5 Å². The SMILES string of the molecule is CC(C)(C)c1cc2ccc3ccc(-c4ccc(-c5ccc6c(c5)C(C)(C)c5cc(-c7ccc8c(c7)C(C)(C)c7ccccc7-8)ccc5-6)cc4)c4ccc(c1)c2c34.OS.[3H-].c1ccc(-c2ccnc3c2ccc2c(-c4ccccc4)ccnc23)cc1.c1ccc(N(c2ccc(-c3ccc(N(c4ccccc4)c4cccc5ccccc45)cc3)cc2)c2cccc3ccccc23)cc1. The van der Waals surface area contributed by atoms with Crippen molar-refractivity contribution in [3.8, 4) is 89.0 Å². The average molecular weight is 1690 g/mol. The summed E-state index contributed by atoms with van der Waals surface area (Å²) in [5.41, 5.74) is 35.9. The highest BCUT2D eigenvalue weighted by molar-refractivity contribution is 7.74.